The highest BCUT2D eigenvalue weighted by Gasteiger charge is 2.20. The molecule has 0 aliphatic carbocycles. The van der Waals surface area contributed by atoms with E-state index in [-0.39, 0.29) is 5.69 Å². The van der Waals surface area contributed by atoms with Gasteiger partial charge in [-0.2, -0.15) is 0 Å². The fourth-order valence-electron chi connectivity index (χ4n) is 3.61. The number of rotatable bonds is 6. The first-order chi connectivity index (χ1) is 11.2. The summed E-state index contributed by atoms with van der Waals surface area (Å²) in [5.41, 5.74) is 2.53. The van der Waals surface area contributed by atoms with E-state index in [4.69, 9.17) is 5.11 Å². The number of para-hydroxylation sites is 1. The van der Waals surface area contributed by atoms with Crippen LogP contribution in [0, 0.1) is 5.92 Å². The molecule has 0 radical (unpaired) electrons. The molecule has 1 saturated heterocycles. The molecule has 1 aromatic heterocycles. The van der Waals surface area contributed by atoms with Crippen molar-refractivity contribution in [3.63, 3.8) is 0 Å². The van der Waals surface area contributed by atoms with Gasteiger partial charge in [0.25, 0.3) is 0 Å². The number of aromatic carboxylic acids is 1. The van der Waals surface area contributed by atoms with Gasteiger partial charge in [-0.15, -0.1) is 0 Å². The molecule has 2 N–H and O–H groups in total. The number of unbranched alkanes of at least 4 members (excludes halogenated alkanes) is 1. The van der Waals surface area contributed by atoms with Crippen LogP contribution in [-0.2, 0) is 6.42 Å². The van der Waals surface area contributed by atoms with E-state index in [2.05, 4.69) is 22.9 Å². The average molecular weight is 314 g/mol. The van der Waals surface area contributed by atoms with Crippen LogP contribution >= 0.6 is 0 Å². The lowest BCUT2D eigenvalue weighted by Gasteiger charge is -2.32. The molecule has 2 aromatic rings. The van der Waals surface area contributed by atoms with Crippen molar-refractivity contribution in [2.45, 2.75) is 39.0 Å². The van der Waals surface area contributed by atoms with Crippen LogP contribution in [-0.4, -0.2) is 40.6 Å². The Morgan fingerprint density at radius 3 is 2.83 bits per heavy atom. The molecule has 0 unspecified atom stereocenters. The molecule has 0 saturated carbocycles. The molecular formula is C19H26N2O2. The van der Waals surface area contributed by atoms with Crippen LogP contribution in [0.25, 0.3) is 10.9 Å². The summed E-state index contributed by atoms with van der Waals surface area (Å²) >= 11 is 0. The number of nitrogens with zero attached hydrogens (tertiary/aromatic N) is 1. The van der Waals surface area contributed by atoms with Crippen LogP contribution in [0.2, 0.25) is 0 Å². The maximum absolute atomic E-state index is 11.2. The summed E-state index contributed by atoms with van der Waals surface area (Å²) in [5, 5.41) is 10.2. The molecule has 4 heteroatoms. The molecule has 1 fully saturated rings. The van der Waals surface area contributed by atoms with Crippen molar-refractivity contribution in [2.24, 2.45) is 5.92 Å². The first kappa shape index (κ1) is 16.1. The number of hydrogen-bond acceptors (Lipinski definition) is 2. The van der Waals surface area contributed by atoms with E-state index in [1.165, 1.54) is 50.9 Å². The molecule has 0 atom stereocenters. The third-order valence-electron chi connectivity index (χ3n) is 5.02. The summed E-state index contributed by atoms with van der Waals surface area (Å²) in [6.45, 7) is 5.88. The Morgan fingerprint density at radius 2 is 2.13 bits per heavy atom. The molecule has 3 rings (SSSR count). The fraction of sp³-hybridized carbons (Fsp3) is 0.526. The summed E-state index contributed by atoms with van der Waals surface area (Å²) in [5.74, 6) is -0.188. The van der Waals surface area contributed by atoms with Crippen molar-refractivity contribution < 1.29 is 9.90 Å². The van der Waals surface area contributed by atoms with Gasteiger partial charge in [0.2, 0.25) is 0 Å². The lowest BCUT2D eigenvalue weighted by Crippen LogP contribution is -2.34. The highest BCUT2D eigenvalue weighted by atomic mass is 16.4. The van der Waals surface area contributed by atoms with Crippen LogP contribution in [0.1, 0.15) is 48.7 Å². The summed E-state index contributed by atoms with van der Waals surface area (Å²) in [6, 6.07) is 7.88. The van der Waals surface area contributed by atoms with Crippen LogP contribution < -0.4 is 0 Å². The topological polar surface area (TPSA) is 56.3 Å². The van der Waals surface area contributed by atoms with Crippen LogP contribution in [0.15, 0.2) is 24.3 Å². The quantitative estimate of drug-likeness (QED) is 0.849. The molecule has 23 heavy (non-hydrogen) atoms. The molecule has 0 bridgehead atoms. The van der Waals surface area contributed by atoms with Crippen molar-refractivity contribution in [3.05, 3.63) is 35.5 Å². The number of nitrogens with one attached hydrogen (secondary N) is 1. The number of fused-ring (bicyclic) bond motifs is 1. The molecule has 1 aromatic carbocycles. The lowest BCUT2D eigenvalue weighted by atomic mass is 9.89. The zero-order valence-electron chi connectivity index (χ0n) is 13.8. The van der Waals surface area contributed by atoms with E-state index < -0.39 is 5.97 Å². The number of aromatic amines is 1. The number of benzene rings is 1. The Balaban J connectivity index is 1.67. The van der Waals surface area contributed by atoms with Gasteiger partial charge in [-0.25, -0.2) is 4.79 Å². The van der Waals surface area contributed by atoms with Gasteiger partial charge in [0.1, 0.15) is 5.69 Å². The molecule has 2 heterocycles. The number of aromatic nitrogens is 1. The summed E-state index contributed by atoms with van der Waals surface area (Å²) < 4.78 is 0. The highest BCUT2D eigenvalue weighted by molar-refractivity contribution is 5.94. The zero-order valence-corrected chi connectivity index (χ0v) is 13.8. The second-order valence-corrected chi connectivity index (χ2v) is 6.71. The highest BCUT2D eigenvalue weighted by Crippen LogP contribution is 2.26. The number of piperidine rings is 1. The Hall–Kier alpha value is -1.81. The second-order valence-electron chi connectivity index (χ2n) is 6.71. The largest absolute Gasteiger partial charge is 0.477 e. The van der Waals surface area contributed by atoms with Crippen molar-refractivity contribution in [3.8, 4) is 0 Å². The Labute approximate surface area is 137 Å². The fourth-order valence-corrected chi connectivity index (χ4v) is 3.61. The van der Waals surface area contributed by atoms with Crippen LogP contribution in [0.5, 0.6) is 0 Å². The second kappa shape index (κ2) is 7.18. The Kier molecular flexibility index (Phi) is 5.01. The molecule has 4 nitrogen and oxygen atoms in total. The van der Waals surface area contributed by atoms with E-state index in [9.17, 15) is 4.79 Å². The number of hydrogen-bond donors (Lipinski definition) is 2. The van der Waals surface area contributed by atoms with Crippen LogP contribution in [0.3, 0.4) is 0 Å². The Morgan fingerprint density at radius 1 is 1.35 bits per heavy atom. The van der Waals surface area contributed by atoms with E-state index in [1.807, 2.05) is 12.1 Å². The molecule has 0 spiro atoms. The maximum atomic E-state index is 11.2. The van der Waals surface area contributed by atoms with Crippen molar-refractivity contribution >= 4 is 16.9 Å². The van der Waals surface area contributed by atoms with E-state index >= 15 is 0 Å². The van der Waals surface area contributed by atoms with Gasteiger partial charge in [0.15, 0.2) is 0 Å². The summed E-state index contributed by atoms with van der Waals surface area (Å²) in [6.07, 6.45) is 6.09. The smallest absolute Gasteiger partial charge is 0.352 e. The predicted octanol–water partition coefficient (Wildman–Crippen LogP) is 3.92. The normalized spacial score (nSPS) is 16.9. The van der Waals surface area contributed by atoms with Gasteiger partial charge >= 0.3 is 5.97 Å². The maximum Gasteiger partial charge on any atom is 0.352 e. The predicted molar refractivity (Wildman–Crippen MR) is 93.0 cm³/mol. The zero-order chi connectivity index (χ0) is 16.2. The standard InChI is InChI=1S/C19H26N2O2/c1-2-3-9-21-10-7-14(8-11-21)12-15-5-4-6-16-13-17(19(22)23)20-18(15)16/h4-6,13-14,20H,2-3,7-12H2,1H3,(H,22,23). The molecule has 1 aliphatic rings. The molecule has 1 aliphatic heterocycles. The lowest BCUT2D eigenvalue weighted by molar-refractivity contribution is 0.0691. The minimum atomic E-state index is -0.892. The third-order valence-corrected chi connectivity index (χ3v) is 5.02. The SMILES string of the molecule is CCCCN1CCC(Cc2cccc3cc(C(=O)O)[nH]c23)CC1. The number of carbonyl (C=O) groups is 1. The number of likely N-dealkylation sites (tertiary alicyclic amines) is 1. The van der Waals surface area contributed by atoms with Crippen LogP contribution in [0.4, 0.5) is 0 Å². The van der Waals surface area contributed by atoms with Crippen molar-refractivity contribution in [1.82, 2.24) is 9.88 Å². The van der Waals surface area contributed by atoms with Gasteiger partial charge in [-0.1, -0.05) is 31.5 Å². The van der Waals surface area contributed by atoms with Gasteiger partial charge < -0.3 is 15.0 Å². The first-order valence-electron chi connectivity index (χ1n) is 8.73. The molecule has 0 amide bonds. The van der Waals surface area contributed by atoms with Crippen molar-refractivity contribution in [1.29, 1.82) is 0 Å². The van der Waals surface area contributed by atoms with E-state index in [0.717, 1.165) is 17.3 Å². The number of carboxylic acid groups (broad SMARTS) is 1. The monoisotopic (exact) mass is 314 g/mol. The third kappa shape index (κ3) is 3.75. The van der Waals surface area contributed by atoms with Gasteiger partial charge in [0, 0.05) is 10.9 Å². The minimum absolute atomic E-state index is 0.279. The van der Waals surface area contributed by atoms with Gasteiger partial charge in [-0.3, -0.25) is 0 Å². The minimum Gasteiger partial charge on any atom is -0.477 e. The molecular weight excluding hydrogens is 288 g/mol. The number of H-pyrrole nitrogens is 1. The first-order valence-corrected chi connectivity index (χ1v) is 8.73. The summed E-state index contributed by atoms with van der Waals surface area (Å²) in [7, 11) is 0. The Bertz CT molecular complexity index is 669. The number of carboxylic acids is 1. The van der Waals surface area contributed by atoms with Gasteiger partial charge in [0.05, 0.1) is 0 Å². The van der Waals surface area contributed by atoms with Crippen molar-refractivity contribution in [2.75, 3.05) is 19.6 Å². The average Bonchev–Trinajstić information content (AvgIpc) is 3.00. The van der Waals surface area contributed by atoms with E-state index in [1.54, 1.807) is 6.07 Å². The summed E-state index contributed by atoms with van der Waals surface area (Å²) in [4.78, 5) is 16.8. The van der Waals surface area contributed by atoms with E-state index in [0.29, 0.717) is 5.92 Å². The molecule has 124 valence electrons. The van der Waals surface area contributed by atoms with Gasteiger partial charge in [-0.05, 0) is 62.9 Å².